The SMILES string of the molecule is COC(=O)C1=C(c2cc3ccccc3s2)CC2CCC1N2C. The van der Waals surface area contributed by atoms with E-state index in [9.17, 15) is 4.79 Å². The summed E-state index contributed by atoms with van der Waals surface area (Å²) >= 11 is 1.78. The van der Waals surface area contributed by atoms with Gasteiger partial charge in [-0.15, -0.1) is 11.3 Å². The van der Waals surface area contributed by atoms with Crippen molar-refractivity contribution < 1.29 is 9.53 Å². The van der Waals surface area contributed by atoms with Crippen molar-refractivity contribution in [3.8, 4) is 0 Å². The fraction of sp³-hybridized carbons (Fsp3) is 0.389. The Kier molecular flexibility index (Phi) is 3.31. The van der Waals surface area contributed by atoms with Gasteiger partial charge in [-0.2, -0.15) is 0 Å². The topological polar surface area (TPSA) is 29.5 Å². The Bertz CT molecular complexity index is 743. The second kappa shape index (κ2) is 5.21. The first-order valence-electron chi connectivity index (χ1n) is 7.71. The molecule has 2 aliphatic rings. The van der Waals surface area contributed by atoms with E-state index in [4.69, 9.17) is 4.74 Å². The summed E-state index contributed by atoms with van der Waals surface area (Å²) in [6.07, 6.45) is 3.17. The molecule has 1 aromatic heterocycles. The molecule has 1 fully saturated rings. The van der Waals surface area contributed by atoms with Crippen LogP contribution in [-0.2, 0) is 9.53 Å². The van der Waals surface area contributed by atoms with Crippen LogP contribution in [0, 0.1) is 0 Å². The maximum atomic E-state index is 12.4. The van der Waals surface area contributed by atoms with Crippen LogP contribution in [0.25, 0.3) is 15.7 Å². The van der Waals surface area contributed by atoms with Crippen molar-refractivity contribution in [2.24, 2.45) is 0 Å². The predicted octanol–water partition coefficient (Wildman–Crippen LogP) is 3.69. The number of likely N-dealkylation sites (N-methyl/N-ethyl adjacent to an activating group) is 1. The van der Waals surface area contributed by atoms with Crippen LogP contribution in [0.2, 0.25) is 0 Å². The van der Waals surface area contributed by atoms with E-state index in [0.29, 0.717) is 6.04 Å². The van der Waals surface area contributed by atoms with E-state index in [-0.39, 0.29) is 12.0 Å². The van der Waals surface area contributed by atoms with E-state index in [1.807, 2.05) is 0 Å². The number of hydrogen-bond donors (Lipinski definition) is 0. The zero-order valence-electron chi connectivity index (χ0n) is 12.8. The Morgan fingerprint density at radius 1 is 1.32 bits per heavy atom. The van der Waals surface area contributed by atoms with Crippen LogP contribution < -0.4 is 0 Å². The summed E-state index contributed by atoms with van der Waals surface area (Å²) < 4.78 is 6.37. The number of carbonyl (C=O) groups is 1. The third-order valence-corrected chi connectivity index (χ3v) is 6.24. The number of methoxy groups -OCH3 is 1. The standard InChI is InChI=1S/C18H19NO2S/c1-19-12-7-8-14(19)17(18(20)21-2)13(10-12)16-9-11-5-3-4-6-15(11)22-16/h3-6,9,12,14H,7-8,10H2,1-2H3. The molecule has 22 heavy (non-hydrogen) atoms. The molecular formula is C18H19NO2S. The first-order valence-corrected chi connectivity index (χ1v) is 8.53. The molecule has 3 nitrogen and oxygen atoms in total. The van der Waals surface area contributed by atoms with Gasteiger partial charge in [0.1, 0.15) is 0 Å². The van der Waals surface area contributed by atoms with Crippen LogP contribution >= 0.6 is 11.3 Å². The first kappa shape index (κ1) is 14.0. The van der Waals surface area contributed by atoms with Gasteiger partial charge in [-0.25, -0.2) is 4.79 Å². The summed E-state index contributed by atoms with van der Waals surface area (Å²) in [6, 6.07) is 11.4. The summed E-state index contributed by atoms with van der Waals surface area (Å²) in [4.78, 5) is 16.0. The Balaban J connectivity index is 1.89. The quantitative estimate of drug-likeness (QED) is 0.792. The fourth-order valence-corrected chi connectivity index (χ4v) is 5.02. The highest BCUT2D eigenvalue weighted by molar-refractivity contribution is 7.20. The lowest BCUT2D eigenvalue weighted by atomic mass is 9.92. The summed E-state index contributed by atoms with van der Waals surface area (Å²) in [5.41, 5.74) is 2.09. The monoisotopic (exact) mass is 313 g/mol. The molecular weight excluding hydrogens is 294 g/mol. The van der Waals surface area contributed by atoms with Crippen molar-refractivity contribution in [1.29, 1.82) is 0 Å². The van der Waals surface area contributed by atoms with Crippen LogP contribution in [0.15, 0.2) is 35.9 Å². The van der Waals surface area contributed by atoms with Crippen molar-refractivity contribution in [3.05, 3.63) is 40.8 Å². The second-order valence-electron chi connectivity index (χ2n) is 6.15. The maximum Gasteiger partial charge on any atom is 0.335 e. The molecule has 2 aliphatic heterocycles. The molecule has 2 unspecified atom stereocenters. The Labute approximate surface area is 134 Å². The van der Waals surface area contributed by atoms with Crippen LogP contribution in [0.3, 0.4) is 0 Å². The van der Waals surface area contributed by atoms with Gasteiger partial charge in [0, 0.05) is 21.7 Å². The number of benzene rings is 1. The molecule has 0 N–H and O–H groups in total. The zero-order chi connectivity index (χ0) is 15.3. The van der Waals surface area contributed by atoms with Crippen LogP contribution in [0.1, 0.15) is 24.1 Å². The van der Waals surface area contributed by atoms with E-state index in [2.05, 4.69) is 42.3 Å². The van der Waals surface area contributed by atoms with Gasteiger partial charge in [-0.1, -0.05) is 18.2 Å². The number of ether oxygens (including phenoxy) is 1. The molecule has 0 saturated carbocycles. The zero-order valence-corrected chi connectivity index (χ0v) is 13.7. The lowest BCUT2D eigenvalue weighted by Gasteiger charge is -2.33. The third kappa shape index (κ3) is 2.02. The average Bonchev–Trinajstić information content (AvgIpc) is 3.05. The number of rotatable bonds is 2. The van der Waals surface area contributed by atoms with Gasteiger partial charge in [-0.05, 0) is 49.4 Å². The summed E-state index contributed by atoms with van der Waals surface area (Å²) in [7, 11) is 3.62. The summed E-state index contributed by atoms with van der Waals surface area (Å²) in [6.45, 7) is 0. The molecule has 0 radical (unpaired) electrons. The molecule has 2 bridgehead atoms. The molecule has 1 aromatic carbocycles. The van der Waals surface area contributed by atoms with E-state index in [1.54, 1.807) is 11.3 Å². The number of fused-ring (bicyclic) bond motifs is 3. The number of carbonyl (C=O) groups excluding carboxylic acids is 1. The molecule has 2 aromatic rings. The van der Waals surface area contributed by atoms with Crippen molar-refractivity contribution >= 4 is 33.0 Å². The second-order valence-corrected chi connectivity index (χ2v) is 7.23. The number of thiophene rings is 1. The smallest absolute Gasteiger partial charge is 0.335 e. The molecule has 1 saturated heterocycles. The lowest BCUT2D eigenvalue weighted by molar-refractivity contribution is -0.136. The molecule has 2 atom stereocenters. The van der Waals surface area contributed by atoms with Gasteiger partial charge in [0.25, 0.3) is 0 Å². The molecule has 4 rings (SSSR count). The molecule has 4 heteroatoms. The largest absolute Gasteiger partial charge is 0.466 e. The third-order valence-electron chi connectivity index (χ3n) is 5.07. The molecule has 0 amide bonds. The van der Waals surface area contributed by atoms with Gasteiger partial charge >= 0.3 is 5.97 Å². The van der Waals surface area contributed by atoms with E-state index in [0.717, 1.165) is 24.8 Å². The van der Waals surface area contributed by atoms with E-state index < -0.39 is 0 Å². The highest BCUT2D eigenvalue weighted by Crippen LogP contribution is 2.44. The minimum atomic E-state index is -0.162. The van der Waals surface area contributed by atoms with Gasteiger partial charge in [-0.3, -0.25) is 4.90 Å². The van der Waals surface area contributed by atoms with Crippen LogP contribution in [0.4, 0.5) is 0 Å². The predicted molar refractivity (Wildman–Crippen MR) is 90.0 cm³/mol. The average molecular weight is 313 g/mol. The molecule has 3 heterocycles. The maximum absolute atomic E-state index is 12.4. The normalized spacial score (nSPS) is 25.0. The summed E-state index contributed by atoms with van der Waals surface area (Å²) in [5, 5.41) is 1.26. The van der Waals surface area contributed by atoms with Gasteiger partial charge in [0.05, 0.1) is 12.7 Å². The minimum absolute atomic E-state index is 0.162. The minimum Gasteiger partial charge on any atom is -0.466 e. The molecule has 114 valence electrons. The Morgan fingerprint density at radius 2 is 2.14 bits per heavy atom. The van der Waals surface area contributed by atoms with Crippen molar-refractivity contribution in [2.45, 2.75) is 31.3 Å². The fourth-order valence-electron chi connectivity index (χ4n) is 3.89. The van der Waals surface area contributed by atoms with Gasteiger partial charge < -0.3 is 4.74 Å². The number of hydrogen-bond acceptors (Lipinski definition) is 4. The Morgan fingerprint density at radius 3 is 2.91 bits per heavy atom. The van der Waals surface area contributed by atoms with E-state index >= 15 is 0 Å². The summed E-state index contributed by atoms with van der Waals surface area (Å²) in [5.74, 6) is -0.162. The van der Waals surface area contributed by atoms with Crippen molar-refractivity contribution in [3.63, 3.8) is 0 Å². The van der Waals surface area contributed by atoms with Crippen LogP contribution in [0.5, 0.6) is 0 Å². The first-order chi connectivity index (χ1) is 10.7. The van der Waals surface area contributed by atoms with E-state index in [1.165, 1.54) is 27.6 Å². The Hall–Kier alpha value is -1.65. The number of nitrogens with zero attached hydrogens (tertiary/aromatic N) is 1. The highest BCUT2D eigenvalue weighted by Gasteiger charge is 2.42. The highest BCUT2D eigenvalue weighted by atomic mass is 32.1. The van der Waals surface area contributed by atoms with Gasteiger partial charge in [0.2, 0.25) is 0 Å². The number of esters is 1. The van der Waals surface area contributed by atoms with Gasteiger partial charge in [0.15, 0.2) is 0 Å². The molecule has 0 aliphatic carbocycles. The molecule has 0 spiro atoms. The van der Waals surface area contributed by atoms with Crippen LogP contribution in [-0.4, -0.2) is 37.1 Å². The van der Waals surface area contributed by atoms with Crippen molar-refractivity contribution in [2.75, 3.05) is 14.2 Å². The van der Waals surface area contributed by atoms with Crippen molar-refractivity contribution in [1.82, 2.24) is 4.90 Å². The lowest BCUT2D eigenvalue weighted by Crippen LogP contribution is -2.40.